The van der Waals surface area contributed by atoms with Crippen molar-refractivity contribution < 1.29 is 33.8 Å². The lowest BCUT2D eigenvalue weighted by Crippen LogP contribution is -2.49. The normalized spacial score (nSPS) is 40.3. The molecule has 176 valence electrons. The summed E-state index contributed by atoms with van der Waals surface area (Å²) in [7, 11) is 13.1. The maximum atomic E-state index is 13.3. The molecule has 3 fully saturated rings. The molecule has 3 saturated heterocycles. The highest BCUT2D eigenvalue weighted by atomic mass is 31.2. The average Bonchev–Trinajstić information content (AvgIpc) is 2.69. The van der Waals surface area contributed by atoms with Crippen molar-refractivity contribution in [2.75, 3.05) is 79.4 Å². The van der Waals surface area contributed by atoms with E-state index in [1.165, 1.54) is 18.0 Å². The van der Waals surface area contributed by atoms with Crippen molar-refractivity contribution in [1.29, 1.82) is 0 Å². The Hall–Kier alpha value is 0.335. The summed E-state index contributed by atoms with van der Waals surface area (Å²) in [4.78, 5) is 2.04. The molecule has 10 nitrogen and oxygen atoms in total. The zero-order chi connectivity index (χ0) is 24.4. The first-order chi connectivity index (χ1) is 15.3. The van der Waals surface area contributed by atoms with Crippen LogP contribution in [0.25, 0.3) is 0 Å². The van der Waals surface area contributed by atoms with Crippen LogP contribution in [0, 0.1) is 0 Å². The van der Waals surface area contributed by atoms with E-state index in [9.17, 15) is 9.13 Å². The smallest absolute Gasteiger partial charge is 0.269 e. The van der Waals surface area contributed by atoms with Crippen LogP contribution in [0.1, 0.15) is 1.37 Å². The minimum Gasteiger partial charge on any atom is -0.385 e. The molecule has 0 aromatic rings. The SMILES string of the molecule is [2H]C1CN(P(C)(=O)OCC2CN(P(C)(=O)OCC3CN(C)CC([B])O3)CC([B])O2)CC([B])O1. The van der Waals surface area contributed by atoms with E-state index in [0.717, 1.165) is 0 Å². The van der Waals surface area contributed by atoms with Crippen LogP contribution in [-0.4, -0.2) is 147 Å². The predicted molar refractivity (Wildman–Crippen MR) is 124 cm³/mol. The Morgan fingerprint density at radius 2 is 1.41 bits per heavy atom. The molecule has 0 amide bonds. The Balaban J connectivity index is 1.53. The van der Waals surface area contributed by atoms with Gasteiger partial charge in [-0.3, -0.25) is 9.13 Å². The van der Waals surface area contributed by atoms with Crippen molar-refractivity contribution in [2.24, 2.45) is 0 Å². The van der Waals surface area contributed by atoms with Crippen LogP contribution in [0.15, 0.2) is 0 Å². The molecule has 6 radical (unpaired) electrons. The number of rotatable bonds is 8. The molecule has 3 heterocycles. The van der Waals surface area contributed by atoms with E-state index >= 15 is 0 Å². The van der Waals surface area contributed by atoms with Gasteiger partial charge in [-0.25, -0.2) is 9.34 Å². The van der Waals surface area contributed by atoms with Gasteiger partial charge in [-0.05, 0) is 7.05 Å². The van der Waals surface area contributed by atoms with Crippen LogP contribution < -0.4 is 0 Å². The summed E-state index contributed by atoms with van der Waals surface area (Å²) in [5, 5.41) is 0. The highest BCUT2D eigenvalue weighted by molar-refractivity contribution is 7.56. The van der Waals surface area contributed by atoms with E-state index in [2.05, 4.69) is 0 Å². The predicted octanol–water partition coefficient (Wildman–Crippen LogP) is -0.487. The lowest BCUT2D eigenvalue weighted by Gasteiger charge is -2.41. The Kier molecular flexibility index (Phi) is 9.04. The van der Waals surface area contributed by atoms with E-state index in [1.54, 1.807) is 4.67 Å². The zero-order valence-corrected chi connectivity index (χ0v) is 20.7. The maximum absolute atomic E-state index is 13.3. The van der Waals surface area contributed by atoms with Gasteiger partial charge in [-0.2, -0.15) is 0 Å². The van der Waals surface area contributed by atoms with Gasteiger partial charge in [0.15, 0.2) is 0 Å². The second-order valence-electron chi connectivity index (χ2n) is 8.60. The Morgan fingerprint density at radius 3 is 2.00 bits per heavy atom. The molecule has 3 rings (SSSR count). The quantitative estimate of drug-likeness (QED) is 0.331. The van der Waals surface area contributed by atoms with Crippen molar-refractivity contribution in [3.63, 3.8) is 0 Å². The molecule has 0 spiro atoms. The molecular weight excluding hydrogens is 453 g/mol. The van der Waals surface area contributed by atoms with Gasteiger partial charge in [0, 0.05) is 70.6 Å². The molecule has 32 heavy (non-hydrogen) atoms. The lowest BCUT2D eigenvalue weighted by atomic mass is 9.98. The number of hydrogen-bond acceptors (Lipinski definition) is 8. The molecule has 8 unspecified atom stereocenters. The minimum atomic E-state index is -3.25. The standard InChI is InChI=1S/C17H32B3N3O7P2/c1-21-6-13(29-16(19)8-21)11-28-32(3,25)23-7-14(30-17(20)10-23)12-27-31(2,24)22-4-5-26-15(18)9-22/h13-17H,4-12H2,1-3H3/i5D. The van der Waals surface area contributed by atoms with Gasteiger partial charge in [0.2, 0.25) is 0 Å². The topological polar surface area (TPSA) is 90.0 Å². The molecule has 0 aliphatic carbocycles. The third-order valence-electron chi connectivity index (χ3n) is 5.52. The largest absolute Gasteiger partial charge is 0.385 e. The Bertz CT molecular complexity index is 743. The first kappa shape index (κ1) is 25.4. The Labute approximate surface area is 196 Å². The highest BCUT2D eigenvalue weighted by Gasteiger charge is 2.38. The molecule has 0 aromatic heterocycles. The van der Waals surface area contributed by atoms with Crippen LogP contribution in [-0.2, 0) is 32.4 Å². The van der Waals surface area contributed by atoms with E-state index in [-0.39, 0.29) is 45.5 Å². The summed E-state index contributed by atoms with van der Waals surface area (Å²) >= 11 is 0. The molecular formula is C17H32B3N3O7P2. The molecule has 0 bridgehead atoms. The highest BCUT2D eigenvalue weighted by Crippen LogP contribution is 2.50. The molecule has 0 aromatic carbocycles. The van der Waals surface area contributed by atoms with E-state index < -0.39 is 45.7 Å². The second-order valence-corrected chi connectivity index (χ2v) is 13.5. The average molecular weight is 486 g/mol. The third kappa shape index (κ3) is 7.67. The summed E-state index contributed by atoms with van der Waals surface area (Å²) in [6.07, 6.45) is -0.849. The lowest BCUT2D eigenvalue weighted by molar-refractivity contribution is -0.0659. The first-order valence-corrected chi connectivity index (χ1v) is 14.7. The molecule has 0 saturated carbocycles. The van der Waals surface area contributed by atoms with Crippen LogP contribution >= 0.6 is 15.0 Å². The van der Waals surface area contributed by atoms with Gasteiger partial charge >= 0.3 is 0 Å². The number of hydrogen-bond donors (Lipinski definition) is 0. The van der Waals surface area contributed by atoms with Gasteiger partial charge < -0.3 is 28.2 Å². The van der Waals surface area contributed by atoms with Crippen molar-refractivity contribution in [2.45, 2.75) is 30.2 Å². The summed E-state index contributed by atoms with van der Waals surface area (Å²) in [5.41, 5.74) is 0. The fourth-order valence-corrected chi connectivity index (χ4v) is 6.84. The number of nitrogens with zero attached hydrogens (tertiary/aromatic N) is 3. The molecule has 3 aliphatic rings. The van der Waals surface area contributed by atoms with Crippen LogP contribution in [0.2, 0.25) is 0 Å². The summed E-state index contributed by atoms with van der Waals surface area (Å²) in [6.45, 7) is 4.23. The van der Waals surface area contributed by atoms with Crippen LogP contribution in [0.3, 0.4) is 0 Å². The van der Waals surface area contributed by atoms with Crippen molar-refractivity contribution in [1.82, 2.24) is 14.2 Å². The monoisotopic (exact) mass is 486 g/mol. The van der Waals surface area contributed by atoms with Gasteiger partial charge in [0.1, 0.15) is 23.5 Å². The first-order valence-electron chi connectivity index (χ1n) is 11.2. The maximum Gasteiger partial charge on any atom is 0.269 e. The number of ether oxygens (including phenoxy) is 3. The van der Waals surface area contributed by atoms with Gasteiger partial charge in [-0.1, -0.05) is 0 Å². The fourth-order valence-electron chi connectivity index (χ4n) is 3.87. The van der Waals surface area contributed by atoms with Crippen molar-refractivity contribution in [3.05, 3.63) is 0 Å². The minimum absolute atomic E-state index is 0.0291. The van der Waals surface area contributed by atoms with Crippen molar-refractivity contribution in [3.8, 4) is 0 Å². The molecule has 0 N–H and O–H groups in total. The molecule has 15 heteroatoms. The molecule has 3 aliphatic heterocycles. The van der Waals surface area contributed by atoms with Gasteiger partial charge in [-0.15, -0.1) is 0 Å². The second kappa shape index (κ2) is 11.4. The van der Waals surface area contributed by atoms with E-state index in [4.69, 9.17) is 48.2 Å². The summed E-state index contributed by atoms with van der Waals surface area (Å²) < 4.78 is 65.4. The summed E-state index contributed by atoms with van der Waals surface area (Å²) in [5.74, 6) is 0. The van der Waals surface area contributed by atoms with Gasteiger partial charge in [0.25, 0.3) is 15.0 Å². The number of likely N-dealkylation sites (N-methyl/N-ethyl adjacent to an activating group) is 1. The van der Waals surface area contributed by atoms with Crippen LogP contribution in [0.4, 0.5) is 0 Å². The van der Waals surface area contributed by atoms with Crippen LogP contribution in [0.5, 0.6) is 0 Å². The van der Waals surface area contributed by atoms with Crippen molar-refractivity contribution >= 4 is 38.6 Å². The van der Waals surface area contributed by atoms with E-state index in [0.29, 0.717) is 13.1 Å². The van der Waals surface area contributed by atoms with E-state index in [1.807, 2.05) is 11.9 Å². The van der Waals surface area contributed by atoms with Gasteiger partial charge in [0.05, 0.1) is 33.4 Å². The molecule has 8 atom stereocenters. The summed E-state index contributed by atoms with van der Waals surface area (Å²) in [6, 6.07) is -1.83. The zero-order valence-electron chi connectivity index (χ0n) is 19.9. The Morgan fingerprint density at radius 1 is 0.875 bits per heavy atom. The fraction of sp³-hybridized carbons (Fsp3) is 1.00. The third-order valence-corrected chi connectivity index (χ3v) is 9.49. The number of morpholine rings is 3.